The molecule has 0 saturated heterocycles. The highest BCUT2D eigenvalue weighted by molar-refractivity contribution is 5.66. The van der Waals surface area contributed by atoms with Gasteiger partial charge in [0.05, 0.1) is 0 Å². The molecule has 1 atom stereocenters. The summed E-state index contributed by atoms with van der Waals surface area (Å²) in [6.07, 6.45) is 20.1. The minimum Gasteiger partial charge on any atom is -0.0802 e. The van der Waals surface area contributed by atoms with Crippen LogP contribution in [0.25, 0.3) is 5.57 Å². The molecule has 0 spiro atoms. The minimum absolute atomic E-state index is 0.559. The van der Waals surface area contributed by atoms with Crippen LogP contribution in [0, 0.1) is 29.1 Å². The molecule has 1 unspecified atom stereocenters. The first kappa shape index (κ1) is 19.3. The molecule has 0 radical (unpaired) electrons. The zero-order chi connectivity index (χ0) is 18.7. The SMILES string of the molecule is CCC1CCC(C2CCC(C3(C)CC=C(c4ccccc4)CC3)CC2)CC1. The largest absolute Gasteiger partial charge is 0.0802 e. The van der Waals surface area contributed by atoms with Crippen molar-refractivity contribution in [3.63, 3.8) is 0 Å². The number of allylic oxidation sites excluding steroid dienone is 2. The van der Waals surface area contributed by atoms with Crippen molar-refractivity contribution in [1.29, 1.82) is 0 Å². The fraction of sp³-hybridized carbons (Fsp3) is 0.704. The van der Waals surface area contributed by atoms with Crippen LogP contribution >= 0.6 is 0 Å². The van der Waals surface area contributed by atoms with Crippen molar-refractivity contribution in [3.05, 3.63) is 42.0 Å². The van der Waals surface area contributed by atoms with E-state index in [0.717, 1.165) is 23.7 Å². The molecule has 0 N–H and O–H groups in total. The third-order valence-electron chi connectivity index (χ3n) is 8.82. The van der Waals surface area contributed by atoms with E-state index in [4.69, 9.17) is 0 Å². The molecule has 3 aliphatic carbocycles. The molecule has 2 saturated carbocycles. The maximum absolute atomic E-state index is 2.60. The second kappa shape index (κ2) is 8.54. The quantitative estimate of drug-likeness (QED) is 0.504. The maximum Gasteiger partial charge on any atom is -0.0228 e. The zero-order valence-corrected chi connectivity index (χ0v) is 17.8. The van der Waals surface area contributed by atoms with Gasteiger partial charge in [0.25, 0.3) is 0 Å². The Labute approximate surface area is 167 Å². The summed E-state index contributed by atoms with van der Waals surface area (Å²) in [5.74, 6) is 4.14. The van der Waals surface area contributed by atoms with Crippen LogP contribution in [0.3, 0.4) is 0 Å². The summed E-state index contributed by atoms with van der Waals surface area (Å²) in [4.78, 5) is 0. The van der Waals surface area contributed by atoms with Gasteiger partial charge in [0, 0.05) is 0 Å². The van der Waals surface area contributed by atoms with Gasteiger partial charge in [-0.15, -0.1) is 0 Å². The van der Waals surface area contributed by atoms with E-state index in [0.29, 0.717) is 5.41 Å². The summed E-state index contributed by atoms with van der Waals surface area (Å²) in [5, 5.41) is 0. The van der Waals surface area contributed by atoms with Gasteiger partial charge in [0.1, 0.15) is 0 Å². The lowest BCUT2D eigenvalue weighted by molar-refractivity contribution is 0.0754. The molecule has 0 aromatic heterocycles. The normalized spacial score (nSPS) is 37.6. The highest BCUT2D eigenvalue weighted by Crippen LogP contribution is 2.51. The lowest BCUT2D eigenvalue weighted by Gasteiger charge is -2.45. The van der Waals surface area contributed by atoms with E-state index in [1.165, 1.54) is 82.6 Å². The minimum atomic E-state index is 0.559. The van der Waals surface area contributed by atoms with Crippen LogP contribution in [0.1, 0.15) is 96.5 Å². The van der Waals surface area contributed by atoms with E-state index >= 15 is 0 Å². The van der Waals surface area contributed by atoms with Crippen LogP contribution in [-0.2, 0) is 0 Å². The van der Waals surface area contributed by atoms with Crippen LogP contribution in [0.15, 0.2) is 36.4 Å². The Hall–Kier alpha value is -1.04. The average molecular weight is 365 g/mol. The van der Waals surface area contributed by atoms with Gasteiger partial charge in [-0.3, -0.25) is 0 Å². The third kappa shape index (κ3) is 4.36. The zero-order valence-electron chi connectivity index (χ0n) is 17.8. The first-order valence-electron chi connectivity index (χ1n) is 11.9. The van der Waals surface area contributed by atoms with Gasteiger partial charge in [0.2, 0.25) is 0 Å². The Bertz CT molecular complexity index is 611. The van der Waals surface area contributed by atoms with Crippen molar-refractivity contribution in [2.24, 2.45) is 29.1 Å². The molecular formula is C27H40. The standard InChI is InChI=1S/C27H40/c1-3-21-9-11-23(12-10-21)24-13-15-26(16-14-24)27(2)19-17-25(18-20-27)22-7-5-4-6-8-22/h4-8,17,21,23-24,26H,3,9-16,18-20H2,1-2H3. The summed E-state index contributed by atoms with van der Waals surface area (Å²) in [7, 11) is 0. The van der Waals surface area contributed by atoms with E-state index in [1.807, 2.05) is 0 Å². The van der Waals surface area contributed by atoms with Crippen LogP contribution in [0.2, 0.25) is 0 Å². The summed E-state index contributed by atoms with van der Waals surface area (Å²) in [6, 6.07) is 11.1. The van der Waals surface area contributed by atoms with Gasteiger partial charge in [-0.1, -0.05) is 69.5 Å². The fourth-order valence-electron chi connectivity index (χ4n) is 6.62. The molecule has 27 heavy (non-hydrogen) atoms. The van der Waals surface area contributed by atoms with Crippen LogP contribution in [0.4, 0.5) is 0 Å². The first-order valence-corrected chi connectivity index (χ1v) is 11.9. The number of hydrogen-bond acceptors (Lipinski definition) is 0. The number of rotatable bonds is 4. The Morgan fingerprint density at radius 1 is 0.852 bits per heavy atom. The van der Waals surface area contributed by atoms with Crippen molar-refractivity contribution in [2.75, 3.05) is 0 Å². The number of hydrogen-bond donors (Lipinski definition) is 0. The molecule has 148 valence electrons. The summed E-state index contributed by atoms with van der Waals surface area (Å²) in [5.41, 5.74) is 3.60. The molecule has 2 fully saturated rings. The molecule has 0 heterocycles. The van der Waals surface area contributed by atoms with Gasteiger partial charge in [-0.05, 0) is 98.0 Å². The molecule has 0 nitrogen and oxygen atoms in total. The maximum atomic E-state index is 2.60. The van der Waals surface area contributed by atoms with E-state index in [9.17, 15) is 0 Å². The Balaban J connectivity index is 1.30. The van der Waals surface area contributed by atoms with Crippen molar-refractivity contribution in [3.8, 4) is 0 Å². The van der Waals surface area contributed by atoms with Crippen LogP contribution in [0.5, 0.6) is 0 Å². The summed E-state index contributed by atoms with van der Waals surface area (Å²) >= 11 is 0. The van der Waals surface area contributed by atoms with Gasteiger partial charge in [0.15, 0.2) is 0 Å². The molecule has 1 aromatic carbocycles. The summed E-state index contributed by atoms with van der Waals surface area (Å²) < 4.78 is 0. The lowest BCUT2D eigenvalue weighted by Crippen LogP contribution is -2.34. The van der Waals surface area contributed by atoms with Crippen LogP contribution < -0.4 is 0 Å². The van der Waals surface area contributed by atoms with E-state index in [1.54, 1.807) is 5.57 Å². The van der Waals surface area contributed by atoms with Crippen molar-refractivity contribution >= 4 is 5.57 Å². The topological polar surface area (TPSA) is 0 Å². The highest BCUT2D eigenvalue weighted by Gasteiger charge is 2.39. The predicted molar refractivity (Wildman–Crippen MR) is 118 cm³/mol. The smallest absolute Gasteiger partial charge is 0.0228 e. The average Bonchev–Trinajstić information content (AvgIpc) is 2.75. The molecule has 1 aromatic rings. The van der Waals surface area contributed by atoms with Crippen LogP contribution in [-0.4, -0.2) is 0 Å². The Morgan fingerprint density at radius 2 is 1.48 bits per heavy atom. The fourth-order valence-corrected chi connectivity index (χ4v) is 6.62. The van der Waals surface area contributed by atoms with E-state index in [2.05, 4.69) is 50.3 Å². The molecule has 4 rings (SSSR count). The second-order valence-electron chi connectivity index (χ2n) is 10.3. The molecule has 3 aliphatic rings. The van der Waals surface area contributed by atoms with Crippen molar-refractivity contribution in [1.82, 2.24) is 0 Å². The number of benzene rings is 1. The van der Waals surface area contributed by atoms with Crippen molar-refractivity contribution in [2.45, 2.75) is 90.9 Å². The van der Waals surface area contributed by atoms with Gasteiger partial charge in [-0.2, -0.15) is 0 Å². The van der Waals surface area contributed by atoms with E-state index < -0.39 is 0 Å². The predicted octanol–water partition coefficient (Wildman–Crippen LogP) is 8.28. The molecule has 0 aliphatic heterocycles. The monoisotopic (exact) mass is 364 g/mol. The second-order valence-corrected chi connectivity index (χ2v) is 10.3. The Kier molecular flexibility index (Phi) is 6.10. The van der Waals surface area contributed by atoms with Gasteiger partial charge >= 0.3 is 0 Å². The highest BCUT2D eigenvalue weighted by atomic mass is 14.4. The van der Waals surface area contributed by atoms with E-state index in [-0.39, 0.29) is 0 Å². The lowest BCUT2D eigenvalue weighted by atomic mass is 9.60. The van der Waals surface area contributed by atoms with Gasteiger partial charge < -0.3 is 0 Å². The first-order chi connectivity index (χ1) is 13.2. The Morgan fingerprint density at radius 3 is 2.04 bits per heavy atom. The van der Waals surface area contributed by atoms with Crippen molar-refractivity contribution < 1.29 is 0 Å². The molecular weight excluding hydrogens is 324 g/mol. The summed E-state index contributed by atoms with van der Waals surface area (Å²) in [6.45, 7) is 4.99. The van der Waals surface area contributed by atoms with Gasteiger partial charge in [-0.25, -0.2) is 0 Å². The molecule has 0 amide bonds. The molecule has 0 bridgehead atoms. The third-order valence-corrected chi connectivity index (χ3v) is 8.82. The molecule has 0 heteroatoms.